The van der Waals surface area contributed by atoms with E-state index in [0.717, 1.165) is 47.7 Å². The number of benzene rings is 1. The third-order valence-electron chi connectivity index (χ3n) is 4.94. The van der Waals surface area contributed by atoms with E-state index >= 15 is 0 Å². The maximum atomic E-state index is 13.4. The van der Waals surface area contributed by atoms with Crippen LogP contribution in [0.3, 0.4) is 0 Å². The van der Waals surface area contributed by atoms with Gasteiger partial charge < -0.3 is 11.1 Å². The number of carbonyl (C=O) groups excluding carboxylic acids is 1. The molecule has 0 saturated heterocycles. The number of amides is 1. The average molecular weight is 437 g/mol. The molecule has 4 rings (SSSR count). The number of fused-ring (bicyclic) bond motifs is 3. The van der Waals surface area contributed by atoms with Gasteiger partial charge in [0.25, 0.3) is 5.91 Å². The van der Waals surface area contributed by atoms with Gasteiger partial charge in [-0.1, -0.05) is 17.7 Å². The maximum Gasteiger partial charge on any atom is 0.261 e. The Morgan fingerprint density at radius 1 is 1.34 bits per heavy atom. The number of aryl methyl sites for hydroxylation is 2. The Kier molecular flexibility index (Phi) is 5.67. The summed E-state index contributed by atoms with van der Waals surface area (Å²) in [4.78, 5) is 14.5. The molecule has 0 radical (unpaired) electrons. The molecule has 3 heterocycles. The van der Waals surface area contributed by atoms with Gasteiger partial charge in [-0.25, -0.2) is 8.78 Å². The molecule has 152 valence electrons. The van der Waals surface area contributed by atoms with Gasteiger partial charge in [0.05, 0.1) is 21.8 Å². The molecule has 1 amide bonds. The summed E-state index contributed by atoms with van der Waals surface area (Å²) in [7, 11) is 0. The summed E-state index contributed by atoms with van der Waals surface area (Å²) in [6, 6.07) is 5.13. The Bertz CT molecular complexity index is 1060. The molecule has 3 aromatic rings. The molecule has 3 N–H and O–H groups in total. The number of nitrogens with zero attached hydrogens (tertiary/aromatic N) is 2. The van der Waals surface area contributed by atoms with E-state index in [1.165, 1.54) is 17.4 Å². The van der Waals surface area contributed by atoms with E-state index in [-0.39, 0.29) is 12.5 Å². The SMILES string of the molecule is NCC(Cc1ccc(F)c(F)c1)NC(=O)c1cc2c(s1)CCCn1ncc(Cl)c1-2. The molecule has 0 bridgehead atoms. The molecular weight excluding hydrogens is 418 g/mol. The van der Waals surface area contributed by atoms with Crippen molar-refractivity contribution < 1.29 is 13.6 Å². The second-order valence-electron chi connectivity index (χ2n) is 6.97. The van der Waals surface area contributed by atoms with Crippen LogP contribution >= 0.6 is 22.9 Å². The van der Waals surface area contributed by atoms with Gasteiger partial charge in [-0.05, 0) is 43.0 Å². The molecule has 9 heteroatoms. The number of hydrogen-bond acceptors (Lipinski definition) is 4. The lowest BCUT2D eigenvalue weighted by molar-refractivity contribution is 0.0942. The average Bonchev–Trinajstić information content (AvgIpc) is 3.23. The minimum atomic E-state index is -0.917. The summed E-state index contributed by atoms with van der Waals surface area (Å²) < 4.78 is 28.4. The summed E-state index contributed by atoms with van der Waals surface area (Å²) >= 11 is 7.75. The molecule has 2 aromatic heterocycles. The molecule has 0 aliphatic carbocycles. The fraction of sp³-hybridized carbons (Fsp3) is 0.300. The van der Waals surface area contributed by atoms with Crippen LogP contribution in [0.1, 0.15) is 26.5 Å². The Hall–Kier alpha value is -2.29. The second-order valence-corrected chi connectivity index (χ2v) is 8.52. The molecule has 1 aromatic carbocycles. The van der Waals surface area contributed by atoms with Crippen molar-refractivity contribution in [3.63, 3.8) is 0 Å². The highest BCUT2D eigenvalue weighted by Gasteiger charge is 2.24. The van der Waals surface area contributed by atoms with Crippen LogP contribution in [0.15, 0.2) is 30.5 Å². The quantitative estimate of drug-likeness (QED) is 0.639. The molecule has 1 atom stereocenters. The minimum Gasteiger partial charge on any atom is -0.347 e. The summed E-state index contributed by atoms with van der Waals surface area (Å²) in [6.45, 7) is 0.961. The molecule has 1 aliphatic heterocycles. The predicted molar refractivity (Wildman–Crippen MR) is 109 cm³/mol. The van der Waals surface area contributed by atoms with Crippen molar-refractivity contribution in [2.75, 3.05) is 6.54 Å². The lowest BCUT2D eigenvalue weighted by Crippen LogP contribution is -2.41. The van der Waals surface area contributed by atoms with E-state index in [1.54, 1.807) is 6.20 Å². The zero-order valence-corrected chi connectivity index (χ0v) is 17.0. The van der Waals surface area contributed by atoms with Crippen molar-refractivity contribution >= 4 is 28.8 Å². The lowest BCUT2D eigenvalue weighted by Gasteiger charge is -2.16. The first kappa shape index (κ1) is 20.0. The van der Waals surface area contributed by atoms with Gasteiger partial charge in [0.1, 0.15) is 0 Å². The first-order valence-electron chi connectivity index (χ1n) is 9.25. The number of thiophene rings is 1. The Morgan fingerprint density at radius 3 is 2.93 bits per heavy atom. The first-order valence-corrected chi connectivity index (χ1v) is 10.4. The van der Waals surface area contributed by atoms with Gasteiger partial charge in [0.2, 0.25) is 0 Å². The zero-order chi connectivity index (χ0) is 20.5. The van der Waals surface area contributed by atoms with E-state index in [1.807, 2.05) is 10.7 Å². The monoisotopic (exact) mass is 436 g/mol. The van der Waals surface area contributed by atoms with Gasteiger partial charge in [-0.2, -0.15) is 5.10 Å². The number of nitrogens with one attached hydrogen (secondary N) is 1. The zero-order valence-electron chi connectivity index (χ0n) is 15.4. The van der Waals surface area contributed by atoms with E-state index in [4.69, 9.17) is 17.3 Å². The predicted octanol–water partition coefficient (Wildman–Crippen LogP) is 3.79. The maximum absolute atomic E-state index is 13.4. The van der Waals surface area contributed by atoms with Crippen molar-refractivity contribution in [1.82, 2.24) is 15.1 Å². The number of nitrogens with two attached hydrogens (primary N) is 1. The van der Waals surface area contributed by atoms with Crippen molar-refractivity contribution in [2.24, 2.45) is 5.73 Å². The number of hydrogen-bond donors (Lipinski definition) is 2. The van der Waals surface area contributed by atoms with E-state index in [2.05, 4.69) is 10.4 Å². The van der Waals surface area contributed by atoms with E-state index < -0.39 is 17.7 Å². The molecule has 1 aliphatic rings. The highest BCUT2D eigenvalue weighted by atomic mass is 35.5. The highest BCUT2D eigenvalue weighted by molar-refractivity contribution is 7.14. The van der Waals surface area contributed by atoms with Crippen molar-refractivity contribution in [3.8, 4) is 11.3 Å². The van der Waals surface area contributed by atoms with Crippen LogP contribution in [0, 0.1) is 11.6 Å². The normalized spacial score (nSPS) is 14.1. The first-order chi connectivity index (χ1) is 14.0. The minimum absolute atomic E-state index is 0.175. The van der Waals surface area contributed by atoms with Gasteiger partial charge in [0, 0.05) is 29.6 Å². The molecule has 0 saturated carbocycles. The van der Waals surface area contributed by atoms with Crippen LogP contribution in [0.25, 0.3) is 11.3 Å². The fourth-order valence-electron chi connectivity index (χ4n) is 3.52. The van der Waals surface area contributed by atoms with Crippen molar-refractivity contribution in [1.29, 1.82) is 0 Å². The van der Waals surface area contributed by atoms with Crippen molar-refractivity contribution in [3.05, 3.63) is 62.4 Å². The van der Waals surface area contributed by atoms with Crippen molar-refractivity contribution in [2.45, 2.75) is 31.8 Å². The summed E-state index contributed by atoms with van der Waals surface area (Å²) in [5.41, 5.74) is 8.14. The van der Waals surface area contributed by atoms with Gasteiger partial charge in [-0.3, -0.25) is 9.48 Å². The topological polar surface area (TPSA) is 72.9 Å². The number of carbonyl (C=O) groups is 1. The lowest BCUT2D eigenvalue weighted by atomic mass is 10.1. The van der Waals surface area contributed by atoms with Gasteiger partial charge >= 0.3 is 0 Å². The summed E-state index contributed by atoms with van der Waals surface area (Å²) in [5, 5.41) is 7.77. The highest BCUT2D eigenvalue weighted by Crippen LogP contribution is 2.38. The van der Waals surface area contributed by atoms with Crippen LogP contribution in [-0.2, 0) is 19.4 Å². The third-order valence-corrected chi connectivity index (χ3v) is 6.41. The molecular formula is C20H19ClF2N4OS. The van der Waals surface area contributed by atoms with E-state index in [9.17, 15) is 13.6 Å². The largest absolute Gasteiger partial charge is 0.347 e. The second kappa shape index (κ2) is 8.22. The molecule has 1 unspecified atom stereocenters. The number of aromatic nitrogens is 2. The Labute approximate surface area is 175 Å². The summed E-state index contributed by atoms with van der Waals surface area (Å²) in [5.74, 6) is -2.07. The van der Waals surface area contributed by atoms with Crippen LogP contribution in [-0.4, -0.2) is 28.3 Å². The third kappa shape index (κ3) is 4.05. The van der Waals surface area contributed by atoms with Crippen LogP contribution < -0.4 is 11.1 Å². The summed E-state index contributed by atoms with van der Waals surface area (Å²) in [6.07, 6.45) is 3.70. The van der Waals surface area contributed by atoms with Crippen LogP contribution in [0.5, 0.6) is 0 Å². The Morgan fingerprint density at radius 2 is 2.17 bits per heavy atom. The smallest absolute Gasteiger partial charge is 0.261 e. The molecule has 29 heavy (non-hydrogen) atoms. The number of rotatable bonds is 5. The standard InChI is InChI=1S/C20H19ClF2N4OS/c21-14-10-25-27-5-1-2-17-13(19(14)27)8-18(29-17)20(28)26-12(9-24)6-11-3-4-15(22)16(23)7-11/h3-4,7-8,10,12H,1-2,5-6,9,24H2,(H,26,28). The van der Waals surface area contributed by atoms with Crippen LogP contribution in [0.4, 0.5) is 8.78 Å². The molecule has 0 fully saturated rings. The fourth-order valence-corrected chi connectivity index (χ4v) is 4.87. The van der Waals surface area contributed by atoms with Gasteiger partial charge in [0.15, 0.2) is 11.6 Å². The Balaban J connectivity index is 1.53. The van der Waals surface area contributed by atoms with Crippen LogP contribution in [0.2, 0.25) is 5.02 Å². The van der Waals surface area contributed by atoms with Gasteiger partial charge in [-0.15, -0.1) is 11.3 Å². The molecule has 5 nitrogen and oxygen atoms in total. The van der Waals surface area contributed by atoms with E-state index in [0.29, 0.717) is 21.9 Å². The number of halogens is 3. The molecule has 0 spiro atoms.